The van der Waals surface area contributed by atoms with Crippen molar-refractivity contribution in [3.63, 3.8) is 0 Å². The number of aromatic nitrogens is 2. The van der Waals surface area contributed by atoms with E-state index in [2.05, 4.69) is 10.4 Å². The van der Waals surface area contributed by atoms with Gasteiger partial charge < -0.3 is 10.2 Å². The number of rotatable bonds is 6. The number of amides is 2. The molecule has 0 bridgehead atoms. The third-order valence-corrected chi connectivity index (χ3v) is 5.77. The molecule has 1 aliphatic carbocycles. The average molecular weight is 421 g/mol. The molecule has 148 valence electrons. The van der Waals surface area contributed by atoms with E-state index >= 15 is 0 Å². The number of carbonyl (C=O) groups excluding carboxylic acids is 2. The minimum absolute atomic E-state index is 0.101. The Labute approximate surface area is 173 Å². The summed E-state index contributed by atoms with van der Waals surface area (Å²) in [5.74, 6) is 0.192. The summed E-state index contributed by atoms with van der Waals surface area (Å²) < 4.78 is 1.74. The van der Waals surface area contributed by atoms with Crippen LogP contribution < -0.4 is 5.32 Å². The van der Waals surface area contributed by atoms with Gasteiger partial charge in [-0.2, -0.15) is 5.10 Å². The summed E-state index contributed by atoms with van der Waals surface area (Å²) >= 11 is 12.3. The maximum Gasteiger partial charge on any atom is 0.254 e. The van der Waals surface area contributed by atoms with Crippen LogP contribution in [-0.4, -0.2) is 46.1 Å². The molecule has 0 radical (unpaired) electrons. The first-order valence-electron chi connectivity index (χ1n) is 9.64. The Morgan fingerprint density at radius 3 is 2.61 bits per heavy atom. The lowest BCUT2D eigenvalue weighted by Crippen LogP contribution is -2.32. The standard InChI is InChI=1S/C20H22Cl2N4O2/c21-14-5-6-17(16(22)11-14)26-19(13-3-4-13)15(12-24-26)20(28)23-8-7-18(27)25-9-1-2-10-25/h5-6,11-13H,1-4,7-10H2,(H,23,28). The summed E-state index contributed by atoms with van der Waals surface area (Å²) in [6.07, 6.45) is 6.07. The van der Waals surface area contributed by atoms with Crippen molar-refractivity contribution < 1.29 is 9.59 Å². The van der Waals surface area contributed by atoms with Crippen molar-refractivity contribution in [2.45, 2.75) is 38.0 Å². The van der Waals surface area contributed by atoms with Gasteiger partial charge in [0.05, 0.1) is 28.2 Å². The van der Waals surface area contributed by atoms with Crippen molar-refractivity contribution in [1.82, 2.24) is 20.0 Å². The first-order valence-corrected chi connectivity index (χ1v) is 10.4. The molecule has 2 amide bonds. The van der Waals surface area contributed by atoms with E-state index in [-0.39, 0.29) is 11.8 Å². The fourth-order valence-electron chi connectivity index (χ4n) is 3.63. The molecule has 4 rings (SSSR count). The Kier molecular flexibility index (Phi) is 5.60. The lowest BCUT2D eigenvalue weighted by molar-refractivity contribution is -0.129. The maximum atomic E-state index is 12.7. The van der Waals surface area contributed by atoms with Crippen LogP contribution in [0.25, 0.3) is 5.69 Å². The zero-order valence-electron chi connectivity index (χ0n) is 15.5. The number of halogens is 2. The van der Waals surface area contributed by atoms with Crippen LogP contribution in [0.4, 0.5) is 0 Å². The van der Waals surface area contributed by atoms with Gasteiger partial charge in [-0.25, -0.2) is 4.68 Å². The van der Waals surface area contributed by atoms with E-state index in [4.69, 9.17) is 23.2 Å². The Balaban J connectivity index is 1.47. The van der Waals surface area contributed by atoms with Crippen molar-refractivity contribution in [3.8, 4) is 5.69 Å². The van der Waals surface area contributed by atoms with Crippen LogP contribution >= 0.6 is 23.2 Å². The largest absolute Gasteiger partial charge is 0.351 e. The molecule has 1 saturated heterocycles. The van der Waals surface area contributed by atoms with Gasteiger partial charge in [-0.3, -0.25) is 9.59 Å². The quantitative estimate of drug-likeness (QED) is 0.772. The zero-order valence-corrected chi connectivity index (χ0v) is 17.0. The van der Waals surface area contributed by atoms with E-state index in [0.717, 1.165) is 44.5 Å². The first kappa shape index (κ1) is 19.3. The normalized spacial score (nSPS) is 16.4. The van der Waals surface area contributed by atoms with Crippen molar-refractivity contribution in [1.29, 1.82) is 0 Å². The molecule has 1 saturated carbocycles. The van der Waals surface area contributed by atoms with Crippen LogP contribution in [0.5, 0.6) is 0 Å². The van der Waals surface area contributed by atoms with E-state index in [1.54, 1.807) is 29.1 Å². The predicted molar refractivity (Wildman–Crippen MR) is 108 cm³/mol. The molecule has 0 unspecified atom stereocenters. The van der Waals surface area contributed by atoms with Crippen molar-refractivity contribution in [2.75, 3.05) is 19.6 Å². The minimum atomic E-state index is -0.201. The van der Waals surface area contributed by atoms with Crippen molar-refractivity contribution in [3.05, 3.63) is 45.7 Å². The first-order chi connectivity index (χ1) is 13.5. The maximum absolute atomic E-state index is 12.7. The highest BCUT2D eigenvalue weighted by atomic mass is 35.5. The van der Waals surface area contributed by atoms with Crippen molar-refractivity contribution >= 4 is 35.0 Å². The van der Waals surface area contributed by atoms with Gasteiger partial charge in [-0.05, 0) is 43.9 Å². The molecule has 0 spiro atoms. The molecule has 6 nitrogen and oxygen atoms in total. The minimum Gasteiger partial charge on any atom is -0.351 e. The van der Waals surface area contributed by atoms with Crippen LogP contribution in [0.2, 0.25) is 10.0 Å². The molecule has 8 heteroatoms. The second kappa shape index (κ2) is 8.13. The highest BCUT2D eigenvalue weighted by Crippen LogP contribution is 2.43. The summed E-state index contributed by atoms with van der Waals surface area (Å²) in [6.45, 7) is 1.98. The Morgan fingerprint density at radius 2 is 1.93 bits per heavy atom. The second-order valence-corrected chi connectivity index (χ2v) is 8.16. The molecule has 2 aliphatic rings. The van der Waals surface area contributed by atoms with Crippen LogP contribution in [0, 0.1) is 0 Å². The molecule has 2 aromatic rings. The van der Waals surface area contributed by atoms with E-state index in [1.165, 1.54) is 0 Å². The van der Waals surface area contributed by atoms with E-state index in [1.807, 2.05) is 4.90 Å². The average Bonchev–Trinajstić information content (AvgIpc) is 3.18. The number of carbonyl (C=O) groups is 2. The summed E-state index contributed by atoms with van der Waals surface area (Å²) in [7, 11) is 0. The molecule has 1 N–H and O–H groups in total. The lowest BCUT2D eigenvalue weighted by Gasteiger charge is -2.15. The molecule has 1 aromatic heterocycles. The SMILES string of the molecule is O=C(NCCC(=O)N1CCCC1)c1cnn(-c2ccc(Cl)cc2Cl)c1C1CC1. The molecular formula is C20H22Cl2N4O2. The lowest BCUT2D eigenvalue weighted by atomic mass is 10.1. The third-order valence-electron chi connectivity index (χ3n) is 5.24. The molecule has 0 atom stereocenters. The van der Waals surface area contributed by atoms with E-state index < -0.39 is 0 Å². The van der Waals surface area contributed by atoms with Gasteiger partial charge in [-0.15, -0.1) is 0 Å². The number of likely N-dealkylation sites (tertiary alicyclic amines) is 1. The molecule has 1 aliphatic heterocycles. The van der Waals surface area contributed by atoms with Crippen LogP contribution in [0.1, 0.15) is 54.1 Å². The number of hydrogen-bond donors (Lipinski definition) is 1. The van der Waals surface area contributed by atoms with Gasteiger partial charge in [0, 0.05) is 37.0 Å². The summed E-state index contributed by atoms with van der Waals surface area (Å²) in [5, 5.41) is 8.33. The highest BCUT2D eigenvalue weighted by Gasteiger charge is 2.33. The number of hydrogen-bond acceptors (Lipinski definition) is 3. The molecular weight excluding hydrogens is 399 g/mol. The van der Waals surface area contributed by atoms with Crippen molar-refractivity contribution in [2.24, 2.45) is 0 Å². The third kappa shape index (κ3) is 4.03. The highest BCUT2D eigenvalue weighted by molar-refractivity contribution is 6.35. The topological polar surface area (TPSA) is 67.2 Å². The summed E-state index contributed by atoms with van der Waals surface area (Å²) in [6, 6.07) is 5.23. The molecule has 1 aromatic carbocycles. The van der Waals surface area contributed by atoms with E-state index in [0.29, 0.717) is 40.2 Å². The monoisotopic (exact) mass is 420 g/mol. The Hall–Kier alpha value is -2.05. The zero-order chi connectivity index (χ0) is 19.7. The fraction of sp³-hybridized carbons (Fsp3) is 0.450. The van der Waals surface area contributed by atoms with Crippen LogP contribution in [0.15, 0.2) is 24.4 Å². The Morgan fingerprint density at radius 1 is 1.18 bits per heavy atom. The van der Waals surface area contributed by atoms with Crippen LogP contribution in [-0.2, 0) is 4.79 Å². The van der Waals surface area contributed by atoms with Gasteiger partial charge in [0.25, 0.3) is 5.91 Å². The fourth-order valence-corrected chi connectivity index (χ4v) is 4.12. The molecule has 28 heavy (non-hydrogen) atoms. The Bertz CT molecular complexity index is 902. The number of nitrogens with zero attached hydrogens (tertiary/aromatic N) is 3. The van der Waals surface area contributed by atoms with Gasteiger partial charge in [0.1, 0.15) is 0 Å². The van der Waals surface area contributed by atoms with Gasteiger partial charge in [0.2, 0.25) is 5.91 Å². The predicted octanol–water partition coefficient (Wildman–Crippen LogP) is 3.80. The molecule has 2 heterocycles. The number of benzene rings is 1. The van der Waals surface area contributed by atoms with Gasteiger partial charge in [0.15, 0.2) is 0 Å². The summed E-state index contributed by atoms with van der Waals surface area (Å²) in [4.78, 5) is 26.7. The molecule has 2 fully saturated rings. The smallest absolute Gasteiger partial charge is 0.254 e. The van der Waals surface area contributed by atoms with Crippen LogP contribution in [0.3, 0.4) is 0 Å². The summed E-state index contributed by atoms with van der Waals surface area (Å²) in [5.41, 5.74) is 2.12. The number of nitrogens with one attached hydrogen (secondary N) is 1. The van der Waals surface area contributed by atoms with Gasteiger partial charge >= 0.3 is 0 Å². The van der Waals surface area contributed by atoms with E-state index in [9.17, 15) is 9.59 Å². The second-order valence-electron chi connectivity index (χ2n) is 7.32. The van der Waals surface area contributed by atoms with Gasteiger partial charge in [-0.1, -0.05) is 23.2 Å².